The van der Waals surface area contributed by atoms with E-state index < -0.39 is 0 Å². The van der Waals surface area contributed by atoms with Crippen LogP contribution in [0, 0.1) is 17.3 Å². The summed E-state index contributed by atoms with van der Waals surface area (Å²) < 4.78 is 0. The first-order valence-electron chi connectivity index (χ1n) is 5.53. The van der Waals surface area contributed by atoms with E-state index in [1.807, 2.05) is 0 Å². The van der Waals surface area contributed by atoms with Crippen LogP contribution in [0.4, 0.5) is 0 Å². The maximum absolute atomic E-state index is 6.29. The molecule has 2 bridgehead atoms. The molecule has 0 spiro atoms. The molecule has 2 unspecified atom stereocenters. The molecule has 1 heteroatoms. The zero-order valence-corrected chi connectivity index (χ0v) is 8.64. The van der Waals surface area contributed by atoms with Crippen LogP contribution in [0.3, 0.4) is 0 Å². The summed E-state index contributed by atoms with van der Waals surface area (Å²) in [5.41, 5.74) is 8.60. The summed E-state index contributed by atoms with van der Waals surface area (Å²) in [5.74, 6) is 1.77. The number of rotatable bonds is 1. The fourth-order valence-corrected chi connectivity index (χ4v) is 3.33. The summed E-state index contributed by atoms with van der Waals surface area (Å²) in [5, 5.41) is 0. The van der Waals surface area contributed by atoms with Gasteiger partial charge in [-0.1, -0.05) is 25.5 Å². The van der Waals surface area contributed by atoms with Gasteiger partial charge in [0.2, 0.25) is 0 Å². The predicted octanol–water partition coefficient (Wildman–Crippen LogP) is 2.47. The third-order valence-corrected chi connectivity index (χ3v) is 4.83. The molecular formula is C12H19N. The Morgan fingerprint density at radius 2 is 2.08 bits per heavy atom. The van der Waals surface area contributed by atoms with E-state index in [1.165, 1.54) is 25.7 Å². The first kappa shape index (κ1) is 8.05. The van der Waals surface area contributed by atoms with Gasteiger partial charge in [-0.2, -0.15) is 0 Å². The molecule has 0 heterocycles. The summed E-state index contributed by atoms with van der Waals surface area (Å²) in [6.45, 7) is 4.84. The zero-order valence-electron chi connectivity index (χ0n) is 8.64. The number of allylic oxidation sites excluding steroid dienone is 1. The molecule has 2 fully saturated rings. The monoisotopic (exact) mass is 177 g/mol. The predicted molar refractivity (Wildman–Crippen MR) is 54.2 cm³/mol. The van der Waals surface area contributed by atoms with Crippen molar-refractivity contribution in [1.29, 1.82) is 0 Å². The average molecular weight is 177 g/mol. The van der Waals surface area contributed by atoms with Gasteiger partial charge in [0, 0.05) is 5.54 Å². The van der Waals surface area contributed by atoms with Crippen LogP contribution in [-0.2, 0) is 0 Å². The molecular weight excluding hydrogens is 158 g/mol. The van der Waals surface area contributed by atoms with Gasteiger partial charge in [0.05, 0.1) is 0 Å². The molecule has 0 aromatic carbocycles. The minimum Gasteiger partial charge on any atom is -0.322 e. The first-order chi connectivity index (χ1) is 6.04. The van der Waals surface area contributed by atoms with E-state index in [-0.39, 0.29) is 5.54 Å². The van der Waals surface area contributed by atoms with E-state index in [2.05, 4.69) is 19.9 Å². The van der Waals surface area contributed by atoms with Gasteiger partial charge in [0.25, 0.3) is 0 Å². The topological polar surface area (TPSA) is 26.0 Å². The molecule has 72 valence electrons. The van der Waals surface area contributed by atoms with Crippen LogP contribution in [-0.4, -0.2) is 5.54 Å². The van der Waals surface area contributed by atoms with Gasteiger partial charge in [-0.15, -0.1) is 0 Å². The minimum atomic E-state index is 0.146. The highest BCUT2D eigenvalue weighted by atomic mass is 14.8. The number of hydrogen-bond acceptors (Lipinski definition) is 1. The normalized spacial score (nSPS) is 43.5. The molecule has 0 amide bonds. The Kier molecular flexibility index (Phi) is 1.26. The summed E-state index contributed by atoms with van der Waals surface area (Å²) in [7, 11) is 0. The molecule has 2 N–H and O–H groups in total. The van der Waals surface area contributed by atoms with Gasteiger partial charge in [-0.05, 0) is 42.9 Å². The van der Waals surface area contributed by atoms with Crippen LogP contribution in [0.15, 0.2) is 11.6 Å². The van der Waals surface area contributed by atoms with Gasteiger partial charge in [-0.3, -0.25) is 0 Å². The second-order valence-corrected chi connectivity index (χ2v) is 5.86. The van der Waals surface area contributed by atoms with Crippen molar-refractivity contribution in [2.75, 3.05) is 0 Å². The maximum Gasteiger partial charge on any atom is 0.0373 e. The molecule has 0 saturated heterocycles. The van der Waals surface area contributed by atoms with E-state index in [4.69, 9.17) is 5.73 Å². The molecule has 13 heavy (non-hydrogen) atoms. The molecule has 0 aromatic heterocycles. The molecule has 1 nitrogen and oxygen atoms in total. The smallest absolute Gasteiger partial charge is 0.0373 e. The van der Waals surface area contributed by atoms with Crippen molar-refractivity contribution in [3.8, 4) is 0 Å². The lowest BCUT2D eigenvalue weighted by Crippen LogP contribution is -2.51. The largest absolute Gasteiger partial charge is 0.322 e. The Hall–Kier alpha value is -0.300. The quantitative estimate of drug-likeness (QED) is 0.612. The molecule has 2 atom stereocenters. The molecule has 0 aliphatic heterocycles. The van der Waals surface area contributed by atoms with Gasteiger partial charge in [0.15, 0.2) is 0 Å². The summed E-state index contributed by atoms with van der Waals surface area (Å²) in [6.07, 6.45) is 7.62. The molecule has 2 saturated carbocycles. The Morgan fingerprint density at radius 1 is 1.38 bits per heavy atom. The number of hydrogen-bond donors (Lipinski definition) is 1. The Balaban J connectivity index is 1.94. The molecule has 4 aliphatic carbocycles. The Bertz CT molecular complexity index is 283. The maximum atomic E-state index is 6.29. The van der Waals surface area contributed by atoms with Gasteiger partial charge < -0.3 is 5.73 Å². The standard InChI is InChI=1S/C12H19N/c1-11(2)8-3-4-9(10(11)7-8)12(13)5-6-12/h4,8,10H,3,5-7,13H2,1-2H3. The lowest BCUT2D eigenvalue weighted by Gasteiger charge is -2.57. The minimum absolute atomic E-state index is 0.146. The van der Waals surface area contributed by atoms with E-state index in [0.29, 0.717) is 5.41 Å². The third-order valence-electron chi connectivity index (χ3n) is 4.83. The summed E-state index contributed by atoms with van der Waals surface area (Å²) in [6, 6.07) is 0. The van der Waals surface area contributed by atoms with Crippen molar-refractivity contribution in [3.05, 3.63) is 11.6 Å². The lowest BCUT2D eigenvalue weighted by molar-refractivity contribution is -0.0107. The van der Waals surface area contributed by atoms with Crippen molar-refractivity contribution >= 4 is 0 Å². The first-order valence-corrected chi connectivity index (χ1v) is 5.53. The molecule has 0 radical (unpaired) electrons. The van der Waals surface area contributed by atoms with Crippen molar-refractivity contribution < 1.29 is 0 Å². The van der Waals surface area contributed by atoms with Crippen molar-refractivity contribution in [2.24, 2.45) is 23.0 Å². The Labute approximate surface area is 80.4 Å². The molecule has 4 aliphatic rings. The fourth-order valence-electron chi connectivity index (χ4n) is 3.33. The van der Waals surface area contributed by atoms with Crippen LogP contribution in [0.5, 0.6) is 0 Å². The van der Waals surface area contributed by atoms with Crippen LogP contribution in [0.1, 0.15) is 39.5 Å². The Morgan fingerprint density at radius 3 is 2.54 bits per heavy atom. The van der Waals surface area contributed by atoms with E-state index in [9.17, 15) is 0 Å². The highest BCUT2D eigenvalue weighted by Crippen LogP contribution is 2.63. The van der Waals surface area contributed by atoms with E-state index in [1.54, 1.807) is 5.57 Å². The molecule has 0 aromatic rings. The van der Waals surface area contributed by atoms with Crippen molar-refractivity contribution in [1.82, 2.24) is 0 Å². The highest BCUT2D eigenvalue weighted by molar-refractivity contribution is 5.36. The fraction of sp³-hybridized carbons (Fsp3) is 0.833. The van der Waals surface area contributed by atoms with Crippen LogP contribution in [0.25, 0.3) is 0 Å². The summed E-state index contributed by atoms with van der Waals surface area (Å²) in [4.78, 5) is 0. The number of fused-ring (bicyclic) bond motifs is 1. The van der Waals surface area contributed by atoms with Gasteiger partial charge >= 0.3 is 0 Å². The SMILES string of the molecule is CC1(C)C2CC=C(C3(N)CC3)C1C2. The van der Waals surface area contributed by atoms with Gasteiger partial charge in [-0.25, -0.2) is 0 Å². The summed E-state index contributed by atoms with van der Waals surface area (Å²) >= 11 is 0. The second kappa shape index (κ2) is 2.03. The average Bonchev–Trinajstić information content (AvgIpc) is 2.85. The zero-order chi connectivity index (χ0) is 9.27. The number of nitrogens with two attached hydrogens (primary N) is 1. The third kappa shape index (κ3) is 0.864. The second-order valence-electron chi connectivity index (χ2n) is 5.86. The molecule has 4 rings (SSSR count). The van der Waals surface area contributed by atoms with E-state index in [0.717, 1.165) is 11.8 Å². The van der Waals surface area contributed by atoms with Crippen LogP contribution >= 0.6 is 0 Å². The van der Waals surface area contributed by atoms with Crippen LogP contribution < -0.4 is 5.73 Å². The van der Waals surface area contributed by atoms with Crippen molar-refractivity contribution in [3.63, 3.8) is 0 Å². The van der Waals surface area contributed by atoms with E-state index >= 15 is 0 Å². The van der Waals surface area contributed by atoms with Gasteiger partial charge in [0.1, 0.15) is 0 Å². The lowest BCUT2D eigenvalue weighted by atomic mass is 9.48. The highest BCUT2D eigenvalue weighted by Gasteiger charge is 2.57. The van der Waals surface area contributed by atoms with Crippen molar-refractivity contribution in [2.45, 2.75) is 45.1 Å². The van der Waals surface area contributed by atoms with Crippen LogP contribution in [0.2, 0.25) is 0 Å².